The van der Waals surface area contributed by atoms with Gasteiger partial charge >= 0.3 is 0 Å². The van der Waals surface area contributed by atoms with Gasteiger partial charge in [-0.3, -0.25) is 10.1 Å². The maximum absolute atomic E-state index is 10.2. The van der Waals surface area contributed by atoms with Crippen LogP contribution in [0.15, 0.2) is 0 Å². The topological polar surface area (TPSA) is 43.1 Å². The first-order valence-electron chi connectivity index (χ1n) is 3.03. The maximum Gasteiger partial charge on any atom is 0.218 e. The summed E-state index contributed by atoms with van der Waals surface area (Å²) in [6.07, 6.45) is 0.593. The molecular weight excluding hydrogens is 118 g/mol. The van der Waals surface area contributed by atoms with Gasteiger partial charge in [-0.2, -0.15) is 0 Å². The molecule has 1 atom stereocenters. The summed E-state index contributed by atoms with van der Waals surface area (Å²) >= 11 is 0. The molecule has 0 aliphatic rings. The third kappa shape index (κ3) is 2.44. The highest BCUT2D eigenvalue weighted by Gasteiger charge is 2.21. The first-order valence-corrected chi connectivity index (χ1v) is 3.03. The van der Waals surface area contributed by atoms with E-state index in [-0.39, 0.29) is 4.92 Å². The Balaban J connectivity index is 3.83. The average Bonchev–Trinajstić information content (AvgIpc) is 1.64. The van der Waals surface area contributed by atoms with Crippen LogP contribution in [0.1, 0.15) is 27.2 Å². The van der Waals surface area contributed by atoms with Crippen LogP contribution in [0.4, 0.5) is 0 Å². The van der Waals surface area contributed by atoms with Crippen LogP contribution in [-0.2, 0) is 0 Å². The van der Waals surface area contributed by atoms with Gasteiger partial charge in [-0.25, -0.2) is 0 Å². The molecule has 0 saturated heterocycles. The minimum absolute atomic E-state index is 0.241. The van der Waals surface area contributed by atoms with E-state index in [0.29, 0.717) is 6.42 Å². The van der Waals surface area contributed by atoms with Crippen LogP contribution in [0.3, 0.4) is 0 Å². The van der Waals surface area contributed by atoms with Gasteiger partial charge in [0.05, 0.1) is 0 Å². The van der Waals surface area contributed by atoms with E-state index in [4.69, 9.17) is 0 Å². The Kier molecular flexibility index (Phi) is 3.20. The SMILES string of the molecule is CCC([C](C)C)[N+](=O)[O-]. The summed E-state index contributed by atoms with van der Waals surface area (Å²) in [5.41, 5.74) is 0. The van der Waals surface area contributed by atoms with E-state index >= 15 is 0 Å². The number of hydrogen-bond donors (Lipinski definition) is 0. The van der Waals surface area contributed by atoms with Crippen molar-refractivity contribution in [2.24, 2.45) is 0 Å². The highest BCUT2D eigenvalue weighted by molar-refractivity contribution is 4.85. The molecule has 0 rings (SSSR count). The Hall–Kier alpha value is -0.600. The fraction of sp³-hybridized carbons (Fsp3) is 0.833. The zero-order valence-corrected chi connectivity index (χ0v) is 6.05. The molecule has 0 aliphatic heterocycles. The summed E-state index contributed by atoms with van der Waals surface area (Å²) < 4.78 is 0. The molecule has 3 nitrogen and oxygen atoms in total. The normalized spacial score (nSPS) is 13.8. The van der Waals surface area contributed by atoms with Crippen molar-refractivity contribution in [3.8, 4) is 0 Å². The van der Waals surface area contributed by atoms with Gasteiger partial charge in [0.1, 0.15) is 0 Å². The van der Waals surface area contributed by atoms with Crippen LogP contribution >= 0.6 is 0 Å². The van der Waals surface area contributed by atoms with Crippen molar-refractivity contribution >= 4 is 0 Å². The van der Waals surface area contributed by atoms with Crippen molar-refractivity contribution in [3.05, 3.63) is 16.0 Å². The van der Waals surface area contributed by atoms with E-state index in [1.165, 1.54) is 0 Å². The quantitative estimate of drug-likeness (QED) is 0.430. The van der Waals surface area contributed by atoms with Gasteiger partial charge < -0.3 is 0 Å². The second-order valence-corrected chi connectivity index (χ2v) is 2.29. The summed E-state index contributed by atoms with van der Waals surface area (Å²) in [6, 6.07) is -0.440. The molecule has 53 valence electrons. The number of nitro groups is 1. The second-order valence-electron chi connectivity index (χ2n) is 2.29. The molecule has 0 saturated carbocycles. The van der Waals surface area contributed by atoms with Crippen LogP contribution < -0.4 is 0 Å². The van der Waals surface area contributed by atoms with E-state index in [0.717, 1.165) is 5.92 Å². The summed E-state index contributed by atoms with van der Waals surface area (Å²) in [6.45, 7) is 5.40. The Morgan fingerprint density at radius 3 is 2.11 bits per heavy atom. The predicted octanol–water partition coefficient (Wildman–Crippen LogP) is 1.66. The highest BCUT2D eigenvalue weighted by Crippen LogP contribution is 2.10. The van der Waals surface area contributed by atoms with Crippen LogP contribution in [0, 0.1) is 16.0 Å². The Labute approximate surface area is 55.2 Å². The lowest BCUT2D eigenvalue weighted by Gasteiger charge is -2.08. The Morgan fingerprint density at radius 2 is 2.11 bits per heavy atom. The van der Waals surface area contributed by atoms with Gasteiger partial charge in [-0.15, -0.1) is 0 Å². The van der Waals surface area contributed by atoms with E-state index in [2.05, 4.69) is 0 Å². The molecule has 3 heteroatoms. The van der Waals surface area contributed by atoms with Gasteiger partial charge in [0.2, 0.25) is 6.04 Å². The van der Waals surface area contributed by atoms with Gasteiger partial charge in [-0.05, 0) is 0 Å². The third-order valence-corrected chi connectivity index (χ3v) is 1.31. The Morgan fingerprint density at radius 1 is 1.67 bits per heavy atom. The van der Waals surface area contributed by atoms with Crippen molar-refractivity contribution in [1.82, 2.24) is 0 Å². The summed E-state index contributed by atoms with van der Waals surface area (Å²) in [4.78, 5) is 9.92. The van der Waals surface area contributed by atoms with Gasteiger partial charge in [0, 0.05) is 17.3 Å². The van der Waals surface area contributed by atoms with Crippen LogP contribution in [0.2, 0.25) is 0 Å². The monoisotopic (exact) mass is 130 g/mol. The molecule has 1 unspecified atom stereocenters. The first-order chi connectivity index (χ1) is 4.09. The van der Waals surface area contributed by atoms with Crippen LogP contribution in [-0.4, -0.2) is 11.0 Å². The zero-order chi connectivity index (χ0) is 7.44. The predicted molar refractivity (Wildman–Crippen MR) is 35.7 cm³/mol. The van der Waals surface area contributed by atoms with Crippen LogP contribution in [0.5, 0.6) is 0 Å². The molecule has 0 fully saturated rings. The molecule has 0 bridgehead atoms. The maximum atomic E-state index is 10.2. The molecule has 0 aromatic rings. The minimum Gasteiger partial charge on any atom is -0.264 e. The molecule has 1 radical (unpaired) electrons. The number of hydrogen-bond acceptors (Lipinski definition) is 2. The molecule has 0 amide bonds. The van der Waals surface area contributed by atoms with Gasteiger partial charge in [0.15, 0.2) is 0 Å². The van der Waals surface area contributed by atoms with E-state index in [1.807, 2.05) is 6.92 Å². The lowest BCUT2D eigenvalue weighted by Crippen LogP contribution is -2.22. The minimum atomic E-state index is -0.440. The molecule has 0 aromatic carbocycles. The van der Waals surface area contributed by atoms with E-state index in [1.54, 1.807) is 13.8 Å². The molecule has 9 heavy (non-hydrogen) atoms. The average molecular weight is 130 g/mol. The largest absolute Gasteiger partial charge is 0.264 e. The van der Waals surface area contributed by atoms with E-state index < -0.39 is 6.04 Å². The highest BCUT2D eigenvalue weighted by atomic mass is 16.6. The second kappa shape index (κ2) is 3.43. The smallest absolute Gasteiger partial charge is 0.218 e. The van der Waals surface area contributed by atoms with E-state index in [9.17, 15) is 10.1 Å². The zero-order valence-electron chi connectivity index (χ0n) is 6.05. The molecule has 0 spiro atoms. The molecule has 0 aliphatic carbocycles. The lowest BCUT2D eigenvalue weighted by atomic mass is 10.0. The molecule has 0 aromatic heterocycles. The number of rotatable bonds is 3. The fourth-order valence-corrected chi connectivity index (χ4v) is 0.768. The lowest BCUT2D eigenvalue weighted by molar-refractivity contribution is -0.517. The standard InChI is InChI=1S/C6H12NO2/c1-4-6(5(2)3)7(8)9/h6H,4H2,1-3H3. The number of nitrogens with zero attached hydrogens (tertiary/aromatic N) is 1. The van der Waals surface area contributed by atoms with Crippen molar-refractivity contribution in [3.63, 3.8) is 0 Å². The molecule has 0 heterocycles. The first kappa shape index (κ1) is 8.40. The van der Waals surface area contributed by atoms with Crippen molar-refractivity contribution in [1.29, 1.82) is 0 Å². The van der Waals surface area contributed by atoms with Crippen molar-refractivity contribution in [2.45, 2.75) is 33.2 Å². The van der Waals surface area contributed by atoms with Gasteiger partial charge in [-0.1, -0.05) is 20.8 Å². The summed E-state index contributed by atoms with van der Waals surface area (Å²) in [7, 11) is 0. The van der Waals surface area contributed by atoms with Crippen molar-refractivity contribution in [2.75, 3.05) is 0 Å². The third-order valence-electron chi connectivity index (χ3n) is 1.31. The summed E-state index contributed by atoms with van der Waals surface area (Å²) in [5.74, 6) is 0.877. The fourth-order valence-electron chi connectivity index (χ4n) is 0.768. The van der Waals surface area contributed by atoms with Crippen LogP contribution in [0.25, 0.3) is 0 Å². The Bertz CT molecular complexity index is 101. The molecular formula is C6H12NO2. The summed E-state index contributed by atoms with van der Waals surface area (Å²) in [5, 5.41) is 10.2. The van der Waals surface area contributed by atoms with Gasteiger partial charge in [0.25, 0.3) is 0 Å². The molecule has 0 N–H and O–H groups in total. The van der Waals surface area contributed by atoms with Crippen molar-refractivity contribution < 1.29 is 4.92 Å².